The van der Waals surface area contributed by atoms with Crippen molar-refractivity contribution < 1.29 is 27.9 Å². The lowest BCUT2D eigenvalue weighted by Gasteiger charge is -2.35. The second-order valence-corrected chi connectivity index (χ2v) is 10.6. The van der Waals surface area contributed by atoms with Gasteiger partial charge in [-0.1, -0.05) is 85.3 Å². The largest absolute Gasteiger partial charge is 0.480 e. The summed E-state index contributed by atoms with van der Waals surface area (Å²) in [6.45, 7) is 3.33. The summed E-state index contributed by atoms with van der Waals surface area (Å²) in [5.41, 5.74) is 8.19. The molecule has 5 rings (SSSR count). The fourth-order valence-corrected chi connectivity index (χ4v) is 5.72. The molecule has 0 bridgehead atoms. The fraction of sp³-hybridized carbons (Fsp3) is 0.375. The number of amides is 2. The Morgan fingerprint density at radius 3 is 1.88 bits per heavy atom. The monoisotopic (exact) mass is 582 g/mol. The average Bonchev–Trinajstić information content (AvgIpc) is 3.30. The van der Waals surface area contributed by atoms with E-state index in [1.54, 1.807) is 0 Å². The van der Waals surface area contributed by atoms with Gasteiger partial charge in [0.1, 0.15) is 5.41 Å². The second-order valence-electron chi connectivity index (χ2n) is 10.6. The van der Waals surface area contributed by atoms with Gasteiger partial charge in [0.2, 0.25) is 0 Å². The molecule has 0 aromatic heterocycles. The van der Waals surface area contributed by atoms with Crippen molar-refractivity contribution in [3.05, 3.63) is 95.6 Å². The van der Waals surface area contributed by atoms with Crippen molar-refractivity contribution in [1.82, 2.24) is 15.1 Å². The molecule has 7 nitrogen and oxygen atoms in total. The molecule has 3 aromatic rings. The molecule has 1 aliphatic heterocycles. The highest BCUT2D eigenvalue weighted by molar-refractivity contribution is 5.97. The number of nitrogens with two attached hydrogens (primary N) is 1. The number of hydrogen-bond acceptors (Lipinski definition) is 4. The normalized spacial score (nSPS) is 15.7. The Kier molecular flexibility index (Phi) is 10.2. The van der Waals surface area contributed by atoms with Crippen LogP contribution in [0.5, 0.6) is 0 Å². The maximum absolute atomic E-state index is 12.7. The lowest BCUT2D eigenvalue weighted by Crippen LogP contribution is -2.51. The Hall–Kier alpha value is -3.89. The summed E-state index contributed by atoms with van der Waals surface area (Å²) in [4.78, 5) is 29.5. The number of carbonyl (C=O) groups is 2. The van der Waals surface area contributed by atoms with Gasteiger partial charge in [-0.05, 0) is 47.2 Å². The standard InChI is InChI=1S/C30H33N3O3.C2H4F3N/c34-28(35)30(26-14-6-4-12-24(26)25-13-5-7-15-27(25)30)16-8-9-17-32-18-20-33(21-19-32)29(36)31-22-23-10-2-1-3-11-23;3-2(4,5)1-6/h1-7,10-15H,8-9,16-22H2,(H,31,36)(H,34,35);1,6H2. The number of hydrogen-bond donors (Lipinski definition) is 3. The Morgan fingerprint density at radius 2 is 1.36 bits per heavy atom. The number of unbranched alkanes of at least 4 members (excludes halogenated alkanes) is 1. The third kappa shape index (κ3) is 7.30. The van der Waals surface area contributed by atoms with Crippen molar-refractivity contribution in [2.24, 2.45) is 5.73 Å². The number of rotatable bonds is 8. The molecule has 2 aliphatic rings. The molecule has 0 atom stereocenters. The van der Waals surface area contributed by atoms with E-state index in [-0.39, 0.29) is 6.03 Å². The molecule has 0 saturated carbocycles. The number of benzene rings is 3. The quantitative estimate of drug-likeness (QED) is 0.316. The number of urea groups is 1. The summed E-state index contributed by atoms with van der Waals surface area (Å²) in [5, 5.41) is 13.5. The minimum Gasteiger partial charge on any atom is -0.480 e. The number of nitrogens with one attached hydrogen (secondary N) is 1. The average molecular weight is 583 g/mol. The molecule has 224 valence electrons. The van der Waals surface area contributed by atoms with E-state index < -0.39 is 24.1 Å². The number of aliphatic carboxylic acids is 1. The van der Waals surface area contributed by atoms with Crippen LogP contribution in [0.15, 0.2) is 78.9 Å². The highest BCUT2D eigenvalue weighted by atomic mass is 19.4. The van der Waals surface area contributed by atoms with Crippen LogP contribution >= 0.6 is 0 Å². The van der Waals surface area contributed by atoms with Crippen molar-refractivity contribution >= 4 is 12.0 Å². The maximum atomic E-state index is 12.7. The van der Waals surface area contributed by atoms with Crippen LogP contribution < -0.4 is 11.1 Å². The minimum absolute atomic E-state index is 0.0135. The summed E-state index contributed by atoms with van der Waals surface area (Å²) in [6, 6.07) is 25.8. The van der Waals surface area contributed by atoms with E-state index in [1.807, 2.05) is 83.8 Å². The number of nitrogens with zero attached hydrogens (tertiary/aromatic N) is 2. The number of alkyl halides is 3. The van der Waals surface area contributed by atoms with Gasteiger partial charge in [0.05, 0.1) is 6.54 Å². The van der Waals surface area contributed by atoms with Crippen LogP contribution in [-0.2, 0) is 16.8 Å². The van der Waals surface area contributed by atoms with E-state index in [4.69, 9.17) is 0 Å². The van der Waals surface area contributed by atoms with Crippen LogP contribution in [-0.4, -0.2) is 72.4 Å². The van der Waals surface area contributed by atoms with Crippen LogP contribution in [0.4, 0.5) is 18.0 Å². The van der Waals surface area contributed by atoms with E-state index >= 15 is 0 Å². The van der Waals surface area contributed by atoms with Crippen LogP contribution in [0.1, 0.15) is 36.0 Å². The molecular weight excluding hydrogens is 545 g/mol. The number of fused-ring (bicyclic) bond motifs is 3. The molecule has 0 spiro atoms. The van der Waals surface area contributed by atoms with Gasteiger partial charge < -0.3 is 21.1 Å². The Labute approximate surface area is 244 Å². The first-order chi connectivity index (χ1) is 20.2. The van der Waals surface area contributed by atoms with Crippen LogP contribution in [0.25, 0.3) is 11.1 Å². The molecule has 10 heteroatoms. The third-order valence-electron chi connectivity index (χ3n) is 7.88. The summed E-state index contributed by atoms with van der Waals surface area (Å²) in [6.07, 6.45) is -1.84. The lowest BCUT2D eigenvalue weighted by molar-refractivity contribution is -0.142. The first-order valence-electron chi connectivity index (χ1n) is 14.1. The number of carboxylic acids is 1. The molecule has 4 N–H and O–H groups in total. The third-order valence-corrected chi connectivity index (χ3v) is 7.88. The van der Waals surface area contributed by atoms with E-state index in [9.17, 15) is 27.9 Å². The summed E-state index contributed by atoms with van der Waals surface area (Å²) >= 11 is 0. The fourth-order valence-electron chi connectivity index (χ4n) is 5.72. The maximum Gasteiger partial charge on any atom is 0.400 e. The van der Waals surface area contributed by atoms with Crippen molar-refractivity contribution in [3.63, 3.8) is 0 Å². The zero-order chi connectivity index (χ0) is 30.2. The van der Waals surface area contributed by atoms with Crippen molar-refractivity contribution in [2.75, 3.05) is 39.3 Å². The molecule has 1 aliphatic carbocycles. The van der Waals surface area contributed by atoms with Crippen molar-refractivity contribution in [3.8, 4) is 11.1 Å². The second kappa shape index (κ2) is 13.8. The van der Waals surface area contributed by atoms with E-state index in [1.165, 1.54) is 0 Å². The molecule has 0 radical (unpaired) electrons. The predicted molar refractivity (Wildman–Crippen MR) is 156 cm³/mol. The Bertz CT molecular complexity index is 1300. The number of carbonyl (C=O) groups excluding carboxylic acids is 1. The predicted octanol–water partition coefficient (Wildman–Crippen LogP) is 5.24. The first-order valence-corrected chi connectivity index (χ1v) is 14.1. The van der Waals surface area contributed by atoms with Gasteiger partial charge in [-0.15, -0.1) is 0 Å². The van der Waals surface area contributed by atoms with Gasteiger partial charge in [0.15, 0.2) is 0 Å². The molecule has 2 amide bonds. The van der Waals surface area contributed by atoms with Gasteiger partial charge in [0.25, 0.3) is 0 Å². The number of halogens is 3. The van der Waals surface area contributed by atoms with Crippen molar-refractivity contribution in [2.45, 2.75) is 37.4 Å². The van der Waals surface area contributed by atoms with E-state index in [2.05, 4.69) is 16.0 Å². The van der Waals surface area contributed by atoms with E-state index in [0.29, 0.717) is 26.1 Å². The highest BCUT2D eigenvalue weighted by Crippen LogP contribution is 2.51. The molecular formula is C32H37F3N4O3. The van der Waals surface area contributed by atoms with Gasteiger partial charge in [-0.25, -0.2) is 4.79 Å². The lowest BCUT2D eigenvalue weighted by atomic mass is 9.74. The molecule has 1 fully saturated rings. The van der Waals surface area contributed by atoms with Gasteiger partial charge in [-0.3, -0.25) is 9.69 Å². The van der Waals surface area contributed by atoms with Gasteiger partial charge >= 0.3 is 18.2 Å². The van der Waals surface area contributed by atoms with Gasteiger partial charge in [0, 0.05) is 32.7 Å². The van der Waals surface area contributed by atoms with E-state index in [0.717, 1.165) is 60.3 Å². The Morgan fingerprint density at radius 1 is 0.833 bits per heavy atom. The Balaban J connectivity index is 0.000000612. The summed E-state index contributed by atoms with van der Waals surface area (Å²) < 4.78 is 32.0. The zero-order valence-corrected chi connectivity index (χ0v) is 23.4. The zero-order valence-electron chi connectivity index (χ0n) is 23.4. The molecule has 1 heterocycles. The summed E-state index contributed by atoms with van der Waals surface area (Å²) in [5.74, 6) is -0.768. The molecule has 1 saturated heterocycles. The number of piperazine rings is 1. The first kappa shape index (κ1) is 31.1. The topological polar surface area (TPSA) is 98.9 Å². The van der Waals surface area contributed by atoms with Crippen LogP contribution in [0.2, 0.25) is 0 Å². The van der Waals surface area contributed by atoms with Crippen molar-refractivity contribution in [1.29, 1.82) is 0 Å². The van der Waals surface area contributed by atoms with Gasteiger partial charge in [-0.2, -0.15) is 13.2 Å². The summed E-state index contributed by atoms with van der Waals surface area (Å²) in [7, 11) is 0. The molecule has 42 heavy (non-hydrogen) atoms. The SMILES string of the molecule is NCC(F)(F)F.O=C(NCc1ccccc1)N1CCN(CCCCC2(C(=O)O)c3ccccc3-c3ccccc32)CC1. The van der Waals surface area contributed by atoms with Crippen LogP contribution in [0, 0.1) is 0 Å². The smallest absolute Gasteiger partial charge is 0.400 e. The number of carboxylic acid groups (broad SMARTS) is 1. The molecule has 0 unspecified atom stereocenters. The minimum atomic E-state index is -4.18. The van der Waals surface area contributed by atoms with Crippen LogP contribution in [0.3, 0.4) is 0 Å². The molecule has 3 aromatic carbocycles. The highest BCUT2D eigenvalue weighted by Gasteiger charge is 2.48.